The summed E-state index contributed by atoms with van der Waals surface area (Å²) in [4.78, 5) is 39.4. The van der Waals surface area contributed by atoms with Crippen LogP contribution >= 0.6 is 11.6 Å². The maximum Gasteiger partial charge on any atom is 0.410 e. The number of aliphatic hydroxyl groups is 1. The number of benzene rings is 2. The number of ether oxygens (including phenoxy) is 1. The minimum atomic E-state index is -1.54. The predicted octanol–water partition coefficient (Wildman–Crippen LogP) is 5.27. The largest absolute Gasteiger partial charge is 0.478 e. The van der Waals surface area contributed by atoms with Gasteiger partial charge in [-0.2, -0.15) is 0 Å². The number of carboxylic acid groups (broad SMARTS) is 1. The maximum atomic E-state index is 15.1. The molecule has 2 atom stereocenters. The number of piperidine rings is 1. The molecule has 1 saturated heterocycles. The van der Waals surface area contributed by atoms with E-state index in [9.17, 15) is 24.6 Å². The molecule has 1 aliphatic rings. The third kappa shape index (κ3) is 6.18. The summed E-state index contributed by atoms with van der Waals surface area (Å²) in [5.74, 6) is -4.17. The summed E-state index contributed by atoms with van der Waals surface area (Å²) >= 11 is 5.88. The quantitative estimate of drug-likeness (QED) is 0.518. The lowest BCUT2D eigenvalue weighted by molar-refractivity contribution is 0.00340. The number of likely N-dealkylation sites (tertiary alicyclic amines) is 1. The van der Waals surface area contributed by atoms with Gasteiger partial charge in [0.05, 0.1) is 17.7 Å². The first kappa shape index (κ1) is 26.6. The van der Waals surface area contributed by atoms with Gasteiger partial charge in [0.1, 0.15) is 11.4 Å². The number of carbonyl (C=O) groups is 3. The predicted molar refractivity (Wildman–Crippen MR) is 129 cm³/mol. The zero-order valence-corrected chi connectivity index (χ0v) is 20.6. The number of carboxylic acids is 1. The van der Waals surface area contributed by atoms with Gasteiger partial charge in [-0.15, -0.1) is 0 Å². The van der Waals surface area contributed by atoms with Crippen molar-refractivity contribution in [2.75, 3.05) is 13.2 Å². The molecule has 2 N–H and O–H groups in total. The molecular weight excluding hydrogens is 477 g/mol. The van der Waals surface area contributed by atoms with Crippen molar-refractivity contribution >= 4 is 29.4 Å². The molecule has 0 radical (unpaired) electrons. The van der Waals surface area contributed by atoms with Crippen molar-refractivity contribution < 1.29 is 33.7 Å². The number of amides is 1. The summed E-state index contributed by atoms with van der Waals surface area (Å²) in [6.45, 7) is 5.21. The van der Waals surface area contributed by atoms with E-state index in [0.717, 1.165) is 18.9 Å². The molecule has 2 unspecified atom stereocenters. The lowest BCUT2D eigenvalue weighted by Crippen LogP contribution is -2.49. The topological polar surface area (TPSA) is 104 Å². The van der Waals surface area contributed by atoms with Crippen LogP contribution < -0.4 is 0 Å². The van der Waals surface area contributed by atoms with Gasteiger partial charge in [0.15, 0.2) is 5.78 Å². The van der Waals surface area contributed by atoms with E-state index in [-0.39, 0.29) is 11.1 Å². The maximum absolute atomic E-state index is 15.1. The third-order valence-electron chi connectivity index (χ3n) is 5.94. The zero-order valence-electron chi connectivity index (χ0n) is 19.9. The van der Waals surface area contributed by atoms with Crippen LogP contribution in [0.5, 0.6) is 0 Å². The molecule has 0 saturated carbocycles. The van der Waals surface area contributed by atoms with Crippen molar-refractivity contribution in [3.05, 3.63) is 69.5 Å². The molecule has 1 heterocycles. The van der Waals surface area contributed by atoms with Gasteiger partial charge in [0, 0.05) is 29.1 Å². The fourth-order valence-corrected chi connectivity index (χ4v) is 4.44. The van der Waals surface area contributed by atoms with E-state index in [1.807, 2.05) is 0 Å². The lowest BCUT2D eigenvalue weighted by atomic mass is 9.83. The van der Waals surface area contributed by atoms with Gasteiger partial charge in [-0.3, -0.25) is 4.79 Å². The Morgan fingerprint density at radius 3 is 2.34 bits per heavy atom. The van der Waals surface area contributed by atoms with E-state index in [2.05, 4.69) is 0 Å². The molecule has 2 aromatic carbocycles. The van der Waals surface area contributed by atoms with E-state index < -0.39 is 59.0 Å². The van der Waals surface area contributed by atoms with Crippen molar-refractivity contribution in [2.45, 2.75) is 57.6 Å². The summed E-state index contributed by atoms with van der Waals surface area (Å²) in [5.41, 5.74) is -1.45. The lowest BCUT2D eigenvalue weighted by Gasteiger charge is -2.40. The number of carbonyl (C=O) groups excluding carboxylic acids is 2. The van der Waals surface area contributed by atoms with Crippen molar-refractivity contribution in [3.63, 3.8) is 0 Å². The molecule has 1 fully saturated rings. The second-order valence-corrected chi connectivity index (χ2v) is 10.0. The number of hydrogen-bond acceptors (Lipinski definition) is 5. The summed E-state index contributed by atoms with van der Waals surface area (Å²) in [6.07, 6.45) is 1.52. The molecule has 0 bridgehead atoms. The number of aromatic carboxylic acids is 1. The Labute approximate surface area is 208 Å². The minimum absolute atomic E-state index is 0.135. The average Bonchev–Trinajstić information content (AvgIpc) is 2.79. The first-order valence-corrected chi connectivity index (χ1v) is 11.8. The first-order valence-electron chi connectivity index (χ1n) is 11.4. The van der Waals surface area contributed by atoms with Gasteiger partial charge in [-0.1, -0.05) is 11.6 Å². The number of aliphatic hydroxyl groups excluding tert-OH is 1. The van der Waals surface area contributed by atoms with Crippen molar-refractivity contribution in [1.29, 1.82) is 0 Å². The van der Waals surface area contributed by atoms with E-state index in [0.29, 0.717) is 18.0 Å². The van der Waals surface area contributed by atoms with E-state index in [4.69, 9.17) is 16.3 Å². The molecule has 7 nitrogen and oxygen atoms in total. The van der Waals surface area contributed by atoms with Crippen LogP contribution in [0, 0.1) is 5.82 Å². The Morgan fingerprint density at radius 1 is 1.14 bits per heavy atom. The number of ketones is 1. The van der Waals surface area contributed by atoms with E-state index in [1.54, 1.807) is 20.8 Å². The van der Waals surface area contributed by atoms with Crippen molar-refractivity contribution in [2.24, 2.45) is 0 Å². The average molecular weight is 506 g/mol. The van der Waals surface area contributed by atoms with E-state index in [1.165, 1.54) is 35.2 Å². The van der Waals surface area contributed by atoms with Crippen LogP contribution in [-0.4, -0.2) is 57.8 Å². The van der Waals surface area contributed by atoms with Gasteiger partial charge < -0.3 is 19.8 Å². The highest BCUT2D eigenvalue weighted by atomic mass is 35.5. The van der Waals surface area contributed by atoms with Crippen LogP contribution in [0.1, 0.15) is 77.8 Å². The molecule has 9 heteroatoms. The van der Waals surface area contributed by atoms with Gasteiger partial charge in [-0.25, -0.2) is 14.0 Å². The smallest absolute Gasteiger partial charge is 0.410 e. The summed E-state index contributed by atoms with van der Waals surface area (Å²) < 4.78 is 20.7. The minimum Gasteiger partial charge on any atom is -0.478 e. The molecule has 35 heavy (non-hydrogen) atoms. The molecular formula is C26H29ClFNO6. The number of halogens is 2. The Balaban J connectivity index is 2.07. The highest BCUT2D eigenvalue weighted by molar-refractivity contribution is 6.30. The highest BCUT2D eigenvalue weighted by Gasteiger charge is 2.37. The second kappa shape index (κ2) is 10.7. The standard InChI is InChI=1S/C26H29ClFNO6/c1-26(2,3)35-25(34)29-11-5-4-6-21(29)20(14-30)16-12-18(22(28)19(13-16)24(32)33)23(31)15-7-9-17(27)10-8-15/h7-10,12-13,20-21,30H,4-6,11,14H2,1-3H3,(H,32,33). The SMILES string of the molecule is CC(C)(C)OC(=O)N1CCCCC1C(CO)c1cc(C(=O)O)c(F)c(C(=O)c2ccc(Cl)cc2)c1. The Bertz CT molecular complexity index is 1110. The molecule has 1 amide bonds. The Morgan fingerprint density at radius 2 is 1.77 bits per heavy atom. The molecule has 2 aromatic rings. The van der Waals surface area contributed by atoms with Crippen molar-refractivity contribution in [3.8, 4) is 0 Å². The second-order valence-electron chi connectivity index (χ2n) is 9.60. The summed E-state index contributed by atoms with van der Waals surface area (Å²) in [5, 5.41) is 20.3. The monoisotopic (exact) mass is 505 g/mol. The van der Waals surface area contributed by atoms with Crippen LogP contribution in [0.25, 0.3) is 0 Å². The fraction of sp³-hybridized carbons (Fsp3) is 0.423. The van der Waals surface area contributed by atoms with E-state index >= 15 is 4.39 Å². The molecule has 0 aromatic heterocycles. The fourth-order valence-electron chi connectivity index (χ4n) is 4.31. The third-order valence-corrected chi connectivity index (χ3v) is 6.19. The molecule has 0 aliphatic carbocycles. The Hall–Kier alpha value is -2.97. The number of hydrogen-bond donors (Lipinski definition) is 2. The summed E-state index contributed by atoms with van der Waals surface area (Å²) in [7, 11) is 0. The zero-order chi connectivity index (χ0) is 25.9. The van der Waals surface area contributed by atoms with Gasteiger partial charge >= 0.3 is 12.1 Å². The first-order chi connectivity index (χ1) is 16.4. The molecule has 3 rings (SSSR count). The number of nitrogens with zero attached hydrogens (tertiary/aromatic N) is 1. The highest BCUT2D eigenvalue weighted by Crippen LogP contribution is 2.34. The van der Waals surface area contributed by atoms with Crippen molar-refractivity contribution in [1.82, 2.24) is 4.90 Å². The normalized spacial score (nSPS) is 17.1. The van der Waals surface area contributed by atoms with Gasteiger partial charge in [0.25, 0.3) is 0 Å². The Kier molecular flexibility index (Phi) is 8.18. The summed E-state index contributed by atoms with van der Waals surface area (Å²) in [6, 6.07) is 7.67. The van der Waals surface area contributed by atoms with Gasteiger partial charge in [0.2, 0.25) is 0 Å². The number of rotatable bonds is 6. The molecule has 0 spiro atoms. The van der Waals surface area contributed by atoms with Crippen LogP contribution in [0.2, 0.25) is 5.02 Å². The van der Waals surface area contributed by atoms with Crippen LogP contribution in [0.4, 0.5) is 9.18 Å². The van der Waals surface area contributed by atoms with Crippen LogP contribution in [0.15, 0.2) is 36.4 Å². The van der Waals surface area contributed by atoms with Crippen LogP contribution in [-0.2, 0) is 4.74 Å². The molecule has 188 valence electrons. The van der Waals surface area contributed by atoms with Gasteiger partial charge in [-0.05, 0) is 82.0 Å². The molecule has 1 aliphatic heterocycles. The van der Waals surface area contributed by atoms with Crippen LogP contribution in [0.3, 0.4) is 0 Å².